The first kappa shape index (κ1) is 20.3. The maximum absolute atomic E-state index is 12.8. The number of alkyl halides is 3. The molecule has 4 rings (SSSR count). The second-order valence-corrected chi connectivity index (χ2v) is 6.56. The number of H-pyrrole nitrogens is 1. The number of nitrogens with zero attached hydrogens (tertiary/aromatic N) is 3. The number of amides is 1. The molecule has 0 spiro atoms. The van der Waals surface area contributed by atoms with Crippen molar-refractivity contribution >= 4 is 5.91 Å². The van der Waals surface area contributed by atoms with Crippen molar-refractivity contribution in [3.05, 3.63) is 82.1 Å². The minimum atomic E-state index is -4.79. The first-order valence-corrected chi connectivity index (χ1v) is 9.03. The van der Waals surface area contributed by atoms with Crippen molar-refractivity contribution in [1.82, 2.24) is 25.3 Å². The van der Waals surface area contributed by atoms with Crippen molar-refractivity contribution in [3.63, 3.8) is 0 Å². The highest BCUT2D eigenvalue weighted by Gasteiger charge is 2.31. The molecule has 0 bridgehead atoms. The monoisotopic (exact) mass is 429 g/mol. The van der Waals surface area contributed by atoms with Crippen LogP contribution in [0, 0.1) is 0 Å². The Morgan fingerprint density at radius 1 is 1.16 bits per heavy atom. The summed E-state index contributed by atoms with van der Waals surface area (Å²) < 4.78 is 40.9. The lowest BCUT2D eigenvalue weighted by molar-refractivity contribution is -0.274. The molecule has 1 atom stereocenters. The van der Waals surface area contributed by atoms with Gasteiger partial charge in [-0.05, 0) is 35.8 Å². The fraction of sp³-hybridized carbons (Fsp3) is 0.150. The molecule has 1 amide bonds. The molecule has 0 saturated carbocycles. The molecule has 1 aliphatic rings. The van der Waals surface area contributed by atoms with E-state index >= 15 is 0 Å². The molecule has 3 aromatic rings. The van der Waals surface area contributed by atoms with Gasteiger partial charge in [0.1, 0.15) is 11.4 Å². The molecule has 1 aromatic carbocycles. The summed E-state index contributed by atoms with van der Waals surface area (Å²) in [5.41, 5.74) is 0.741. The zero-order valence-electron chi connectivity index (χ0n) is 15.7. The van der Waals surface area contributed by atoms with Crippen LogP contribution in [0.3, 0.4) is 0 Å². The highest BCUT2D eigenvalue weighted by atomic mass is 19.4. The van der Waals surface area contributed by atoms with Gasteiger partial charge in [0, 0.05) is 18.5 Å². The average Bonchev–Trinajstić information content (AvgIpc) is 3.57. The smallest absolute Gasteiger partial charge is 0.406 e. The zero-order valence-corrected chi connectivity index (χ0v) is 15.7. The van der Waals surface area contributed by atoms with Gasteiger partial charge in [-0.25, -0.2) is 15.0 Å². The van der Waals surface area contributed by atoms with Crippen molar-refractivity contribution in [1.29, 1.82) is 0 Å². The van der Waals surface area contributed by atoms with Gasteiger partial charge in [0.25, 0.3) is 11.5 Å². The predicted molar refractivity (Wildman–Crippen MR) is 102 cm³/mol. The molecule has 0 aliphatic heterocycles. The second kappa shape index (κ2) is 8.01. The normalized spacial score (nSPS) is 13.8. The summed E-state index contributed by atoms with van der Waals surface area (Å²) in [7, 11) is 0. The van der Waals surface area contributed by atoms with E-state index in [4.69, 9.17) is 0 Å². The van der Waals surface area contributed by atoms with Gasteiger partial charge in [-0.15, -0.1) is 13.2 Å². The highest BCUT2D eigenvalue weighted by molar-refractivity contribution is 5.93. The maximum Gasteiger partial charge on any atom is 0.573 e. The van der Waals surface area contributed by atoms with Crippen LogP contribution >= 0.6 is 0 Å². The SMILES string of the molecule is O=C(N[C@H](C1=CC1)c1ccc(OC(F)(F)F)cc1)c1cc(=O)[nH]c(-c2ncccn2)n1. The van der Waals surface area contributed by atoms with Crippen molar-refractivity contribution in [2.45, 2.75) is 18.8 Å². The summed E-state index contributed by atoms with van der Waals surface area (Å²) in [6.45, 7) is 0. The van der Waals surface area contributed by atoms with Crippen molar-refractivity contribution < 1.29 is 22.7 Å². The van der Waals surface area contributed by atoms with Crippen molar-refractivity contribution in [3.8, 4) is 17.4 Å². The number of allylic oxidation sites excluding steroid dienone is 1. The van der Waals surface area contributed by atoms with Crippen molar-refractivity contribution in [2.75, 3.05) is 0 Å². The van der Waals surface area contributed by atoms with Crippen LogP contribution in [0.1, 0.15) is 28.5 Å². The average molecular weight is 429 g/mol. The van der Waals surface area contributed by atoms with Crippen LogP contribution in [0.15, 0.2) is 65.2 Å². The molecule has 0 radical (unpaired) electrons. The molecule has 0 unspecified atom stereocenters. The van der Waals surface area contributed by atoms with Gasteiger partial charge in [0.05, 0.1) is 6.04 Å². The van der Waals surface area contributed by atoms with Crippen LogP contribution in [0.25, 0.3) is 11.6 Å². The summed E-state index contributed by atoms with van der Waals surface area (Å²) in [6, 6.07) is 7.25. The number of aromatic amines is 1. The molecule has 11 heteroatoms. The van der Waals surface area contributed by atoms with Gasteiger partial charge in [0.2, 0.25) is 0 Å². The molecular formula is C20H14F3N5O3. The molecule has 2 heterocycles. The fourth-order valence-corrected chi connectivity index (χ4v) is 2.85. The fourth-order valence-electron chi connectivity index (χ4n) is 2.85. The van der Waals surface area contributed by atoms with Crippen LogP contribution in [-0.2, 0) is 0 Å². The van der Waals surface area contributed by atoms with E-state index < -0.39 is 23.9 Å². The number of ether oxygens (including phenoxy) is 1. The molecule has 8 nitrogen and oxygen atoms in total. The van der Waals surface area contributed by atoms with E-state index in [1.54, 1.807) is 6.07 Å². The number of hydrogen-bond acceptors (Lipinski definition) is 6. The Morgan fingerprint density at radius 2 is 1.84 bits per heavy atom. The second-order valence-electron chi connectivity index (χ2n) is 6.56. The quantitative estimate of drug-likeness (QED) is 0.583. The molecule has 158 valence electrons. The third-order valence-corrected chi connectivity index (χ3v) is 4.28. The van der Waals surface area contributed by atoms with Gasteiger partial charge in [-0.3, -0.25) is 9.59 Å². The third kappa shape index (κ3) is 5.13. The topological polar surface area (TPSA) is 110 Å². The lowest BCUT2D eigenvalue weighted by atomic mass is 10.0. The summed E-state index contributed by atoms with van der Waals surface area (Å²) in [4.78, 5) is 39.4. The predicted octanol–water partition coefficient (Wildman–Crippen LogP) is 2.93. The van der Waals surface area contributed by atoms with Crippen LogP contribution in [0.2, 0.25) is 0 Å². The standard InChI is InChI=1S/C20H14F3N5O3/c21-20(22,23)31-13-6-4-12(5-7-13)16(11-2-3-11)28-19(30)14-10-15(29)27-18(26-14)17-24-8-1-9-25-17/h1-2,4-10,16H,3H2,(H,28,30)(H,26,27,29)/t16-/m1/s1. The highest BCUT2D eigenvalue weighted by Crippen LogP contribution is 2.35. The number of halogens is 3. The summed E-state index contributed by atoms with van der Waals surface area (Å²) in [6.07, 6.45) is 0.672. The van der Waals surface area contributed by atoms with E-state index in [-0.39, 0.29) is 23.1 Å². The van der Waals surface area contributed by atoms with E-state index in [1.807, 2.05) is 6.08 Å². The van der Waals surface area contributed by atoms with E-state index in [9.17, 15) is 22.8 Å². The number of carbonyl (C=O) groups excluding carboxylic acids is 1. The zero-order chi connectivity index (χ0) is 22.0. The third-order valence-electron chi connectivity index (χ3n) is 4.28. The lowest BCUT2D eigenvalue weighted by Gasteiger charge is -2.17. The van der Waals surface area contributed by atoms with Crippen LogP contribution in [0.4, 0.5) is 13.2 Å². The van der Waals surface area contributed by atoms with Gasteiger partial charge >= 0.3 is 6.36 Å². The van der Waals surface area contributed by atoms with Gasteiger partial charge < -0.3 is 15.0 Å². The van der Waals surface area contributed by atoms with E-state index in [0.29, 0.717) is 12.0 Å². The molecule has 2 aromatic heterocycles. The van der Waals surface area contributed by atoms with Crippen LogP contribution < -0.4 is 15.6 Å². The minimum absolute atomic E-state index is 0.0362. The number of benzene rings is 1. The molecule has 31 heavy (non-hydrogen) atoms. The van der Waals surface area contributed by atoms with Gasteiger partial charge in [-0.1, -0.05) is 18.2 Å². The Bertz CT molecular complexity index is 1190. The largest absolute Gasteiger partial charge is 0.573 e. The Balaban J connectivity index is 1.56. The van der Waals surface area contributed by atoms with Gasteiger partial charge in [0.15, 0.2) is 11.6 Å². The molecular weight excluding hydrogens is 415 g/mol. The minimum Gasteiger partial charge on any atom is -0.406 e. The number of carbonyl (C=O) groups is 1. The molecule has 0 saturated heterocycles. The number of rotatable bonds is 6. The summed E-state index contributed by atoms with van der Waals surface area (Å²) >= 11 is 0. The molecule has 1 aliphatic carbocycles. The van der Waals surface area contributed by atoms with E-state index in [1.165, 1.54) is 36.7 Å². The van der Waals surface area contributed by atoms with Gasteiger partial charge in [-0.2, -0.15) is 0 Å². The Kier molecular flexibility index (Phi) is 5.24. The Morgan fingerprint density at radius 3 is 2.45 bits per heavy atom. The van der Waals surface area contributed by atoms with E-state index in [2.05, 4.69) is 30.0 Å². The molecule has 0 fully saturated rings. The van der Waals surface area contributed by atoms with Crippen LogP contribution in [0.5, 0.6) is 5.75 Å². The first-order chi connectivity index (χ1) is 14.8. The summed E-state index contributed by atoms with van der Waals surface area (Å²) in [5, 5.41) is 2.76. The maximum atomic E-state index is 12.8. The summed E-state index contributed by atoms with van der Waals surface area (Å²) in [5.74, 6) is -0.809. The Hall–Kier alpha value is -4.02. The Labute approximate surface area is 172 Å². The number of aromatic nitrogens is 4. The first-order valence-electron chi connectivity index (χ1n) is 9.03. The lowest BCUT2D eigenvalue weighted by Crippen LogP contribution is -2.30. The van der Waals surface area contributed by atoms with E-state index in [0.717, 1.165) is 11.6 Å². The van der Waals surface area contributed by atoms with Crippen LogP contribution in [-0.4, -0.2) is 32.2 Å². The number of nitrogens with one attached hydrogen (secondary N) is 2. The molecule has 2 N–H and O–H groups in total. The number of hydrogen-bond donors (Lipinski definition) is 2. The van der Waals surface area contributed by atoms with Crippen molar-refractivity contribution in [2.24, 2.45) is 0 Å².